The Morgan fingerprint density at radius 3 is 2.48 bits per heavy atom. The van der Waals surface area contributed by atoms with Crippen molar-refractivity contribution in [3.8, 4) is 0 Å². The molecular weight excluding hydrogens is 388 g/mol. The lowest BCUT2D eigenvalue weighted by atomic mass is 10.1. The quantitative estimate of drug-likeness (QED) is 0.577. The van der Waals surface area contributed by atoms with Gasteiger partial charge in [-0.1, -0.05) is 11.6 Å². The summed E-state index contributed by atoms with van der Waals surface area (Å²) in [4.78, 5) is 36.6. The van der Waals surface area contributed by atoms with Crippen LogP contribution in [0.4, 0.5) is 0 Å². The molecule has 0 radical (unpaired) electrons. The first kappa shape index (κ1) is 21.6. The molecule has 1 saturated carbocycles. The second-order valence-corrected chi connectivity index (χ2v) is 8.04. The molecule has 0 aliphatic heterocycles. The fourth-order valence-corrected chi connectivity index (χ4v) is 3.17. The molecule has 2 amide bonds. The van der Waals surface area contributed by atoms with E-state index in [1.54, 1.807) is 36.0 Å². The second-order valence-electron chi connectivity index (χ2n) is 6.62. The van der Waals surface area contributed by atoms with E-state index in [4.69, 9.17) is 16.3 Å². The van der Waals surface area contributed by atoms with E-state index >= 15 is 0 Å². The molecule has 2 atom stereocenters. The van der Waals surface area contributed by atoms with Gasteiger partial charge in [0.25, 0.3) is 11.8 Å². The molecule has 1 fully saturated rings. The van der Waals surface area contributed by atoms with Crippen LogP contribution in [0.15, 0.2) is 24.3 Å². The van der Waals surface area contributed by atoms with E-state index in [1.165, 1.54) is 0 Å². The van der Waals surface area contributed by atoms with E-state index in [9.17, 15) is 14.4 Å². The number of ether oxygens (including phenoxy) is 1. The van der Waals surface area contributed by atoms with Crippen LogP contribution in [0.1, 0.15) is 36.5 Å². The molecule has 148 valence electrons. The number of carbonyl (C=O) groups is 3. The van der Waals surface area contributed by atoms with Crippen molar-refractivity contribution in [2.75, 3.05) is 18.6 Å². The molecule has 1 aliphatic carbocycles. The highest BCUT2D eigenvalue weighted by Gasteiger charge is 2.29. The minimum absolute atomic E-state index is 0.0908. The van der Waals surface area contributed by atoms with Crippen molar-refractivity contribution < 1.29 is 19.1 Å². The fraction of sp³-hybridized carbons (Fsp3) is 0.526. The van der Waals surface area contributed by atoms with Crippen molar-refractivity contribution >= 4 is 41.1 Å². The number of thioether (sulfide) groups is 1. The van der Waals surface area contributed by atoms with Crippen molar-refractivity contribution in [2.24, 2.45) is 5.92 Å². The summed E-state index contributed by atoms with van der Waals surface area (Å²) >= 11 is 7.38. The Morgan fingerprint density at radius 2 is 1.89 bits per heavy atom. The smallest absolute Gasteiger partial charge is 0.329 e. The largest absolute Gasteiger partial charge is 0.454 e. The van der Waals surface area contributed by atoms with E-state index in [0.717, 1.165) is 12.8 Å². The second kappa shape index (κ2) is 10.6. The molecule has 8 heteroatoms. The summed E-state index contributed by atoms with van der Waals surface area (Å²) in [6.45, 7) is 1.60. The Balaban J connectivity index is 1.87. The SMILES string of the molecule is CSCC[C@H](NC(=O)c1ccc(Cl)cc1)C(=O)OCC(=O)N[C@@H](C)C1CC1. The van der Waals surface area contributed by atoms with Crippen LogP contribution in [-0.4, -0.2) is 48.5 Å². The van der Waals surface area contributed by atoms with Crippen molar-refractivity contribution in [1.82, 2.24) is 10.6 Å². The van der Waals surface area contributed by atoms with Crippen molar-refractivity contribution in [3.63, 3.8) is 0 Å². The van der Waals surface area contributed by atoms with Crippen LogP contribution in [0.2, 0.25) is 5.02 Å². The molecule has 0 spiro atoms. The average Bonchev–Trinajstić information content (AvgIpc) is 3.48. The molecular formula is C19H25ClN2O4S. The third-order valence-electron chi connectivity index (χ3n) is 4.37. The van der Waals surface area contributed by atoms with Gasteiger partial charge in [0.15, 0.2) is 6.61 Å². The van der Waals surface area contributed by atoms with Gasteiger partial charge in [-0.15, -0.1) is 0 Å². The van der Waals surface area contributed by atoms with Gasteiger partial charge in [-0.25, -0.2) is 4.79 Å². The summed E-state index contributed by atoms with van der Waals surface area (Å²) in [6, 6.07) is 5.67. The Kier molecular flexibility index (Phi) is 8.44. The average molecular weight is 413 g/mol. The Hall–Kier alpha value is -1.73. The molecule has 1 aromatic carbocycles. The summed E-state index contributed by atoms with van der Waals surface area (Å²) in [7, 11) is 0. The summed E-state index contributed by atoms with van der Waals surface area (Å²) in [5, 5.41) is 6.03. The van der Waals surface area contributed by atoms with Gasteiger partial charge in [0.1, 0.15) is 6.04 Å². The standard InChI is InChI=1S/C19H25ClN2O4S/c1-12(13-3-4-13)21-17(23)11-26-19(25)16(9-10-27-2)22-18(24)14-5-7-15(20)8-6-14/h5-8,12-13,16H,3-4,9-11H2,1-2H3,(H,21,23)(H,22,24)/t12-,16-/m0/s1. The van der Waals surface area contributed by atoms with Gasteiger partial charge >= 0.3 is 5.97 Å². The van der Waals surface area contributed by atoms with Gasteiger partial charge in [0, 0.05) is 16.6 Å². The lowest BCUT2D eigenvalue weighted by Crippen LogP contribution is -2.44. The minimum Gasteiger partial charge on any atom is -0.454 e. The molecule has 0 bridgehead atoms. The Bertz CT molecular complexity index is 664. The number of esters is 1. The summed E-state index contributed by atoms with van der Waals surface area (Å²) in [6.07, 6.45) is 4.57. The van der Waals surface area contributed by atoms with Gasteiger partial charge in [-0.2, -0.15) is 11.8 Å². The molecule has 2 N–H and O–H groups in total. The monoisotopic (exact) mass is 412 g/mol. The maximum atomic E-state index is 12.4. The van der Waals surface area contributed by atoms with Crippen LogP contribution in [0, 0.1) is 5.92 Å². The topological polar surface area (TPSA) is 84.5 Å². The Morgan fingerprint density at radius 1 is 1.22 bits per heavy atom. The van der Waals surface area contributed by atoms with Gasteiger partial charge in [0.2, 0.25) is 0 Å². The van der Waals surface area contributed by atoms with E-state index in [2.05, 4.69) is 10.6 Å². The van der Waals surface area contributed by atoms with Crippen LogP contribution < -0.4 is 10.6 Å². The maximum absolute atomic E-state index is 12.4. The predicted octanol–water partition coefficient (Wildman–Crippen LogP) is 2.65. The van der Waals surface area contributed by atoms with Gasteiger partial charge in [-0.3, -0.25) is 9.59 Å². The van der Waals surface area contributed by atoms with Crippen LogP contribution in [0.25, 0.3) is 0 Å². The number of carbonyl (C=O) groups excluding carboxylic acids is 3. The van der Waals surface area contributed by atoms with E-state index in [0.29, 0.717) is 28.7 Å². The lowest BCUT2D eigenvalue weighted by Gasteiger charge is -2.18. The van der Waals surface area contributed by atoms with Gasteiger partial charge in [0.05, 0.1) is 0 Å². The van der Waals surface area contributed by atoms with Crippen molar-refractivity contribution in [2.45, 2.75) is 38.3 Å². The van der Waals surface area contributed by atoms with Gasteiger partial charge < -0.3 is 15.4 Å². The third kappa shape index (κ3) is 7.42. The highest BCUT2D eigenvalue weighted by atomic mass is 35.5. The maximum Gasteiger partial charge on any atom is 0.329 e. The van der Waals surface area contributed by atoms with E-state index < -0.39 is 12.0 Å². The third-order valence-corrected chi connectivity index (χ3v) is 5.27. The van der Waals surface area contributed by atoms with Crippen LogP contribution >= 0.6 is 23.4 Å². The zero-order valence-corrected chi connectivity index (χ0v) is 17.1. The molecule has 1 aliphatic rings. The molecule has 27 heavy (non-hydrogen) atoms. The van der Waals surface area contributed by atoms with Crippen molar-refractivity contribution in [1.29, 1.82) is 0 Å². The summed E-state index contributed by atoms with van der Waals surface area (Å²) < 4.78 is 5.12. The normalized spacial score (nSPS) is 15.5. The lowest BCUT2D eigenvalue weighted by molar-refractivity contribution is -0.150. The van der Waals surface area contributed by atoms with E-state index in [1.807, 2.05) is 13.2 Å². The summed E-state index contributed by atoms with van der Waals surface area (Å²) in [5.74, 6) is -0.124. The highest BCUT2D eigenvalue weighted by molar-refractivity contribution is 7.98. The first-order valence-corrected chi connectivity index (χ1v) is 10.7. The molecule has 0 unspecified atom stereocenters. The fourth-order valence-electron chi connectivity index (χ4n) is 2.57. The predicted molar refractivity (Wildman–Crippen MR) is 107 cm³/mol. The number of rotatable bonds is 10. The molecule has 0 saturated heterocycles. The van der Waals surface area contributed by atoms with Gasteiger partial charge in [-0.05, 0) is 68.4 Å². The van der Waals surface area contributed by atoms with Crippen molar-refractivity contribution in [3.05, 3.63) is 34.9 Å². The number of halogens is 1. The van der Waals surface area contributed by atoms with Crippen LogP contribution in [-0.2, 0) is 14.3 Å². The molecule has 6 nitrogen and oxygen atoms in total. The minimum atomic E-state index is -0.811. The zero-order chi connectivity index (χ0) is 19.8. The Labute approximate surface area is 168 Å². The van der Waals surface area contributed by atoms with E-state index in [-0.39, 0.29) is 24.5 Å². The highest BCUT2D eigenvalue weighted by Crippen LogP contribution is 2.32. The number of hydrogen-bond acceptors (Lipinski definition) is 5. The zero-order valence-electron chi connectivity index (χ0n) is 15.5. The number of benzene rings is 1. The van der Waals surface area contributed by atoms with Crippen LogP contribution in [0.3, 0.4) is 0 Å². The first-order chi connectivity index (χ1) is 12.9. The molecule has 0 heterocycles. The molecule has 0 aromatic heterocycles. The van der Waals surface area contributed by atoms with Crippen LogP contribution in [0.5, 0.6) is 0 Å². The number of nitrogens with one attached hydrogen (secondary N) is 2. The molecule has 1 aromatic rings. The molecule has 2 rings (SSSR count). The summed E-state index contributed by atoms with van der Waals surface area (Å²) in [5.41, 5.74) is 0.400. The number of amides is 2. The number of hydrogen-bond donors (Lipinski definition) is 2. The first-order valence-electron chi connectivity index (χ1n) is 8.92.